The van der Waals surface area contributed by atoms with Crippen molar-refractivity contribution in [1.82, 2.24) is 24.7 Å². The number of hydrogen-bond acceptors (Lipinski definition) is 5. The van der Waals surface area contributed by atoms with Crippen LogP contribution in [-0.2, 0) is 13.6 Å². The smallest absolute Gasteiger partial charge is 0.259 e. The third-order valence-corrected chi connectivity index (χ3v) is 4.29. The number of hydrogen-bond donors (Lipinski definition) is 0. The molecule has 0 N–H and O–H groups in total. The Balaban J connectivity index is 1.63. The Kier molecular flexibility index (Phi) is 4.47. The molecule has 0 unspecified atom stereocenters. The predicted octanol–water partition coefficient (Wildman–Crippen LogP) is 1.37. The maximum atomic E-state index is 12.7. The second-order valence-electron chi connectivity index (χ2n) is 6.14. The van der Waals surface area contributed by atoms with Gasteiger partial charge in [-0.15, -0.1) is 0 Å². The SMILES string of the molecule is Cc1noc(C)c1C(=O)N1CCCN(Cc2cnn(C)c2)CC1. The molecule has 1 amide bonds. The quantitative estimate of drug-likeness (QED) is 0.855. The Morgan fingerprint density at radius 3 is 2.74 bits per heavy atom. The lowest BCUT2D eigenvalue weighted by Gasteiger charge is -2.21. The van der Waals surface area contributed by atoms with Crippen LogP contribution < -0.4 is 0 Å². The van der Waals surface area contributed by atoms with Crippen molar-refractivity contribution in [1.29, 1.82) is 0 Å². The zero-order chi connectivity index (χ0) is 16.4. The largest absolute Gasteiger partial charge is 0.361 e. The van der Waals surface area contributed by atoms with Crippen molar-refractivity contribution in [3.63, 3.8) is 0 Å². The molecular weight excluding hydrogens is 294 g/mol. The molecule has 0 spiro atoms. The predicted molar refractivity (Wildman–Crippen MR) is 85.0 cm³/mol. The summed E-state index contributed by atoms with van der Waals surface area (Å²) in [7, 11) is 1.93. The topological polar surface area (TPSA) is 67.4 Å². The number of nitrogens with zero attached hydrogens (tertiary/aromatic N) is 5. The molecule has 0 radical (unpaired) electrons. The fourth-order valence-corrected chi connectivity index (χ4v) is 3.09. The Hall–Kier alpha value is -2.15. The van der Waals surface area contributed by atoms with E-state index in [0.29, 0.717) is 17.0 Å². The average molecular weight is 317 g/mol. The van der Waals surface area contributed by atoms with Crippen molar-refractivity contribution in [3.8, 4) is 0 Å². The van der Waals surface area contributed by atoms with Crippen molar-refractivity contribution >= 4 is 5.91 Å². The fraction of sp³-hybridized carbons (Fsp3) is 0.562. The van der Waals surface area contributed by atoms with Gasteiger partial charge in [0.05, 0.1) is 11.9 Å². The van der Waals surface area contributed by atoms with Crippen LogP contribution in [0, 0.1) is 13.8 Å². The molecule has 3 rings (SSSR count). The maximum Gasteiger partial charge on any atom is 0.259 e. The molecule has 0 saturated carbocycles. The van der Waals surface area contributed by atoms with Gasteiger partial charge in [0.25, 0.3) is 5.91 Å². The summed E-state index contributed by atoms with van der Waals surface area (Å²) in [6.45, 7) is 7.83. The zero-order valence-electron chi connectivity index (χ0n) is 13.9. The van der Waals surface area contributed by atoms with Crippen LogP contribution in [0.15, 0.2) is 16.9 Å². The molecular formula is C16H23N5O2. The third kappa shape index (κ3) is 3.44. The Morgan fingerprint density at radius 1 is 1.26 bits per heavy atom. The molecule has 1 aliphatic heterocycles. The van der Waals surface area contributed by atoms with E-state index in [1.54, 1.807) is 6.92 Å². The Labute approximate surface area is 135 Å². The van der Waals surface area contributed by atoms with Gasteiger partial charge in [0.15, 0.2) is 0 Å². The maximum absolute atomic E-state index is 12.7. The standard InChI is InChI=1S/C16H23N5O2/c1-12-15(13(2)23-18-12)16(22)21-6-4-5-20(7-8-21)11-14-9-17-19(3)10-14/h9-10H,4-8,11H2,1-3H3. The van der Waals surface area contributed by atoms with Gasteiger partial charge in [0.1, 0.15) is 11.3 Å². The normalized spacial score (nSPS) is 16.6. The Bertz CT molecular complexity index is 671. The van der Waals surface area contributed by atoms with Gasteiger partial charge in [0, 0.05) is 51.5 Å². The zero-order valence-corrected chi connectivity index (χ0v) is 13.9. The highest BCUT2D eigenvalue weighted by atomic mass is 16.5. The van der Waals surface area contributed by atoms with Gasteiger partial charge < -0.3 is 9.42 Å². The summed E-state index contributed by atoms with van der Waals surface area (Å²) in [5.41, 5.74) is 2.49. The number of carbonyl (C=O) groups is 1. The molecule has 0 bridgehead atoms. The first-order valence-corrected chi connectivity index (χ1v) is 7.96. The van der Waals surface area contributed by atoms with E-state index in [1.807, 2.05) is 35.9 Å². The van der Waals surface area contributed by atoms with Gasteiger partial charge in [-0.05, 0) is 20.3 Å². The lowest BCUT2D eigenvalue weighted by atomic mass is 10.1. The van der Waals surface area contributed by atoms with Crippen LogP contribution in [0.1, 0.15) is 33.8 Å². The fourth-order valence-electron chi connectivity index (χ4n) is 3.09. The van der Waals surface area contributed by atoms with Crippen LogP contribution in [0.2, 0.25) is 0 Å². The van der Waals surface area contributed by atoms with Crippen LogP contribution in [0.3, 0.4) is 0 Å². The third-order valence-electron chi connectivity index (χ3n) is 4.29. The molecule has 1 aliphatic rings. The van der Waals surface area contributed by atoms with Crippen molar-refractivity contribution < 1.29 is 9.32 Å². The average Bonchev–Trinajstić information content (AvgIpc) is 2.97. The van der Waals surface area contributed by atoms with Crippen molar-refractivity contribution in [2.75, 3.05) is 26.2 Å². The molecule has 23 heavy (non-hydrogen) atoms. The monoisotopic (exact) mass is 317 g/mol. The van der Waals surface area contributed by atoms with Gasteiger partial charge in [-0.2, -0.15) is 5.10 Å². The van der Waals surface area contributed by atoms with Gasteiger partial charge in [-0.3, -0.25) is 14.4 Å². The van der Waals surface area contributed by atoms with Gasteiger partial charge in [0.2, 0.25) is 0 Å². The van der Waals surface area contributed by atoms with E-state index in [4.69, 9.17) is 4.52 Å². The number of rotatable bonds is 3. The molecule has 3 heterocycles. The van der Waals surface area contributed by atoms with E-state index < -0.39 is 0 Å². The first-order chi connectivity index (χ1) is 11.0. The number of carbonyl (C=O) groups excluding carboxylic acids is 1. The summed E-state index contributed by atoms with van der Waals surface area (Å²) in [5, 5.41) is 8.10. The summed E-state index contributed by atoms with van der Waals surface area (Å²) >= 11 is 0. The second-order valence-corrected chi connectivity index (χ2v) is 6.14. The lowest BCUT2D eigenvalue weighted by Crippen LogP contribution is -2.35. The highest BCUT2D eigenvalue weighted by Gasteiger charge is 2.25. The minimum atomic E-state index is 0.0319. The molecule has 124 valence electrons. The van der Waals surface area contributed by atoms with E-state index >= 15 is 0 Å². The first kappa shape index (κ1) is 15.7. The van der Waals surface area contributed by atoms with E-state index in [2.05, 4.69) is 15.2 Å². The lowest BCUT2D eigenvalue weighted by molar-refractivity contribution is 0.0758. The highest BCUT2D eigenvalue weighted by molar-refractivity contribution is 5.96. The van der Waals surface area contributed by atoms with Crippen LogP contribution in [0.4, 0.5) is 0 Å². The number of aryl methyl sites for hydroxylation is 3. The molecule has 7 nitrogen and oxygen atoms in total. The molecule has 0 aliphatic carbocycles. The summed E-state index contributed by atoms with van der Waals surface area (Å²) in [4.78, 5) is 17.0. The van der Waals surface area contributed by atoms with Crippen molar-refractivity contribution in [2.24, 2.45) is 7.05 Å². The van der Waals surface area contributed by atoms with E-state index in [0.717, 1.165) is 39.1 Å². The Morgan fingerprint density at radius 2 is 2.09 bits per heavy atom. The second kappa shape index (κ2) is 6.54. The molecule has 7 heteroatoms. The van der Waals surface area contributed by atoms with Crippen LogP contribution in [0.5, 0.6) is 0 Å². The summed E-state index contributed by atoms with van der Waals surface area (Å²) in [6, 6.07) is 0. The number of aromatic nitrogens is 3. The summed E-state index contributed by atoms with van der Waals surface area (Å²) < 4.78 is 6.94. The van der Waals surface area contributed by atoms with Crippen molar-refractivity contribution in [3.05, 3.63) is 35.0 Å². The minimum Gasteiger partial charge on any atom is -0.361 e. The summed E-state index contributed by atoms with van der Waals surface area (Å²) in [6.07, 6.45) is 4.91. The van der Waals surface area contributed by atoms with Crippen LogP contribution in [-0.4, -0.2) is 56.8 Å². The first-order valence-electron chi connectivity index (χ1n) is 7.96. The van der Waals surface area contributed by atoms with E-state index in [1.165, 1.54) is 5.56 Å². The molecule has 2 aromatic rings. The van der Waals surface area contributed by atoms with E-state index in [9.17, 15) is 4.79 Å². The molecule has 0 atom stereocenters. The van der Waals surface area contributed by atoms with Gasteiger partial charge in [-0.25, -0.2) is 0 Å². The van der Waals surface area contributed by atoms with Crippen molar-refractivity contribution in [2.45, 2.75) is 26.8 Å². The molecule has 2 aromatic heterocycles. The summed E-state index contributed by atoms with van der Waals surface area (Å²) in [5.74, 6) is 0.633. The van der Waals surface area contributed by atoms with Gasteiger partial charge >= 0.3 is 0 Å². The molecule has 1 fully saturated rings. The highest BCUT2D eigenvalue weighted by Crippen LogP contribution is 2.17. The molecule has 1 saturated heterocycles. The van der Waals surface area contributed by atoms with E-state index in [-0.39, 0.29) is 5.91 Å². The van der Waals surface area contributed by atoms with Crippen LogP contribution in [0.25, 0.3) is 0 Å². The van der Waals surface area contributed by atoms with Crippen LogP contribution >= 0.6 is 0 Å². The van der Waals surface area contributed by atoms with Gasteiger partial charge in [-0.1, -0.05) is 5.16 Å². The minimum absolute atomic E-state index is 0.0319. The molecule has 0 aromatic carbocycles. The number of amides is 1.